The second-order valence-electron chi connectivity index (χ2n) is 2.64. The van der Waals surface area contributed by atoms with Crippen molar-refractivity contribution in [1.82, 2.24) is 0 Å². The van der Waals surface area contributed by atoms with Crippen LogP contribution in [0.5, 0.6) is 0 Å². The first-order valence-electron chi connectivity index (χ1n) is 3.21. The Morgan fingerprint density at radius 2 is 1.00 bits per heavy atom. The highest BCUT2D eigenvalue weighted by atomic mass is 19.4. The minimum atomic E-state index is -7.02. The van der Waals surface area contributed by atoms with Crippen LogP contribution in [0.25, 0.3) is 0 Å². The fourth-order valence-electron chi connectivity index (χ4n) is 0.655. The van der Waals surface area contributed by atoms with Crippen molar-refractivity contribution >= 4 is 0 Å². The summed E-state index contributed by atoms with van der Waals surface area (Å²) in [6.45, 7) is 0. The van der Waals surface area contributed by atoms with Gasteiger partial charge in [-0.3, -0.25) is 0 Å². The highest BCUT2D eigenvalue weighted by molar-refractivity contribution is 5.05. The summed E-state index contributed by atoms with van der Waals surface area (Å²) in [7, 11) is 0. The summed E-state index contributed by atoms with van der Waals surface area (Å²) < 4.78 is 117. The molecule has 0 fully saturated rings. The van der Waals surface area contributed by atoms with Gasteiger partial charge in [0.1, 0.15) is 0 Å². The van der Waals surface area contributed by atoms with Crippen molar-refractivity contribution in [2.75, 3.05) is 0 Å². The molecule has 1 nitrogen and oxygen atoms in total. The Morgan fingerprint density at radius 3 is 1.06 bits per heavy atom. The molecule has 0 aliphatic rings. The number of hydrogen-bond acceptors (Lipinski definition) is 1. The Hall–Kier alpha value is -0.740. The molecule has 98 valence electrons. The molecule has 0 bridgehead atoms. The monoisotopic (exact) mass is 268 g/mol. The zero-order chi connectivity index (χ0) is 13.6. The van der Waals surface area contributed by atoms with Crippen LogP contribution in [0.15, 0.2) is 0 Å². The number of rotatable bonds is 2. The largest absolute Gasteiger partial charge is 0.457 e. The van der Waals surface area contributed by atoms with Gasteiger partial charge in [0.25, 0.3) is 12.0 Å². The van der Waals surface area contributed by atoms with E-state index in [-0.39, 0.29) is 0 Å². The molecule has 16 heavy (non-hydrogen) atoms. The SMILES string of the molecule is OC(C(F)F)(C(F)(F)F)C(F)(F)C(F)(F)F. The van der Waals surface area contributed by atoms with E-state index < -0.39 is 30.3 Å². The molecule has 1 unspecified atom stereocenters. The Bertz CT molecular complexity index is 251. The second kappa shape index (κ2) is 3.64. The molecule has 1 N–H and O–H groups in total. The number of aliphatic hydroxyl groups is 1. The maximum atomic E-state index is 12.2. The zero-order valence-electron chi connectivity index (χ0n) is 6.80. The van der Waals surface area contributed by atoms with Crippen LogP contribution in [0.3, 0.4) is 0 Å². The lowest BCUT2D eigenvalue weighted by Gasteiger charge is -2.36. The molecule has 0 aromatic rings. The van der Waals surface area contributed by atoms with Gasteiger partial charge >= 0.3 is 18.3 Å². The molecule has 0 aliphatic carbocycles. The van der Waals surface area contributed by atoms with E-state index in [0.717, 1.165) is 0 Å². The quantitative estimate of drug-likeness (QED) is 0.763. The predicted octanol–water partition coefficient (Wildman–Crippen LogP) is 2.74. The van der Waals surface area contributed by atoms with Gasteiger partial charge in [-0.05, 0) is 0 Å². The molecule has 0 spiro atoms. The summed E-state index contributed by atoms with van der Waals surface area (Å²) in [5.41, 5.74) is -6.47. The molecular weight excluding hydrogens is 266 g/mol. The smallest absolute Gasteiger partial charge is 0.371 e. The van der Waals surface area contributed by atoms with Crippen LogP contribution in [0.2, 0.25) is 0 Å². The lowest BCUT2D eigenvalue weighted by Crippen LogP contribution is -2.68. The van der Waals surface area contributed by atoms with Crippen LogP contribution in [0.1, 0.15) is 0 Å². The highest BCUT2D eigenvalue weighted by Crippen LogP contribution is 2.52. The van der Waals surface area contributed by atoms with Crippen molar-refractivity contribution in [2.45, 2.75) is 30.3 Å². The van der Waals surface area contributed by atoms with Crippen molar-refractivity contribution in [3.8, 4) is 0 Å². The van der Waals surface area contributed by atoms with E-state index in [1.807, 2.05) is 0 Å². The summed E-state index contributed by atoms with van der Waals surface area (Å²) in [4.78, 5) is 0. The molecule has 0 aromatic carbocycles. The predicted molar refractivity (Wildman–Crippen MR) is 28.0 cm³/mol. The molecule has 0 aliphatic heterocycles. The zero-order valence-corrected chi connectivity index (χ0v) is 6.80. The first kappa shape index (κ1) is 15.3. The number of hydrogen-bond donors (Lipinski definition) is 1. The Labute approximate surface area is 80.6 Å². The summed E-state index contributed by atoms with van der Waals surface area (Å²) in [6.07, 6.45) is -19.2. The molecule has 0 saturated carbocycles. The first-order chi connectivity index (χ1) is 6.69. The minimum Gasteiger partial charge on any atom is -0.371 e. The molecular formula is C5H2F10O. The number of alkyl halides is 10. The van der Waals surface area contributed by atoms with Crippen LogP contribution < -0.4 is 0 Å². The summed E-state index contributed by atoms with van der Waals surface area (Å²) >= 11 is 0. The van der Waals surface area contributed by atoms with Gasteiger partial charge in [-0.25, -0.2) is 8.78 Å². The van der Waals surface area contributed by atoms with E-state index in [0.29, 0.717) is 0 Å². The van der Waals surface area contributed by atoms with Gasteiger partial charge in [0.15, 0.2) is 0 Å². The van der Waals surface area contributed by atoms with Gasteiger partial charge in [-0.2, -0.15) is 35.1 Å². The molecule has 0 saturated heterocycles. The second-order valence-corrected chi connectivity index (χ2v) is 2.64. The van der Waals surface area contributed by atoms with Crippen molar-refractivity contribution in [3.63, 3.8) is 0 Å². The lowest BCUT2D eigenvalue weighted by molar-refractivity contribution is -0.424. The Morgan fingerprint density at radius 1 is 0.688 bits per heavy atom. The van der Waals surface area contributed by atoms with Crippen molar-refractivity contribution in [2.24, 2.45) is 0 Å². The fourth-order valence-corrected chi connectivity index (χ4v) is 0.655. The van der Waals surface area contributed by atoms with Gasteiger partial charge in [0.05, 0.1) is 0 Å². The molecule has 0 heterocycles. The third-order valence-corrected chi connectivity index (χ3v) is 1.58. The van der Waals surface area contributed by atoms with Gasteiger partial charge in [-0.1, -0.05) is 0 Å². The Kier molecular flexibility index (Phi) is 3.47. The van der Waals surface area contributed by atoms with E-state index in [4.69, 9.17) is 5.11 Å². The van der Waals surface area contributed by atoms with Gasteiger partial charge in [0.2, 0.25) is 0 Å². The van der Waals surface area contributed by atoms with Gasteiger partial charge < -0.3 is 5.11 Å². The fraction of sp³-hybridized carbons (Fsp3) is 1.00. The molecule has 0 rings (SSSR count). The molecule has 0 amide bonds. The van der Waals surface area contributed by atoms with Crippen LogP contribution in [-0.4, -0.2) is 35.4 Å². The van der Waals surface area contributed by atoms with Crippen molar-refractivity contribution < 1.29 is 49.0 Å². The van der Waals surface area contributed by atoms with E-state index in [1.165, 1.54) is 0 Å². The molecule has 11 heteroatoms. The summed E-state index contributed by atoms with van der Waals surface area (Å²) in [6, 6.07) is 0. The molecule has 1 atom stereocenters. The Balaban J connectivity index is 5.75. The van der Waals surface area contributed by atoms with Crippen molar-refractivity contribution in [1.29, 1.82) is 0 Å². The van der Waals surface area contributed by atoms with Crippen molar-refractivity contribution in [3.05, 3.63) is 0 Å². The standard InChI is InChI=1S/C5H2F10O/c6-1(7)2(16,4(10,11)12)3(8,9)5(13,14)15/h1,16H. The maximum absolute atomic E-state index is 12.2. The topological polar surface area (TPSA) is 20.2 Å². The average Bonchev–Trinajstić information content (AvgIpc) is 1.97. The van der Waals surface area contributed by atoms with Gasteiger partial charge in [-0.15, -0.1) is 0 Å². The van der Waals surface area contributed by atoms with Crippen LogP contribution >= 0.6 is 0 Å². The first-order valence-corrected chi connectivity index (χ1v) is 3.21. The molecule has 0 radical (unpaired) electrons. The maximum Gasteiger partial charge on any atom is 0.457 e. The van der Waals surface area contributed by atoms with Crippen LogP contribution in [-0.2, 0) is 0 Å². The summed E-state index contributed by atoms with van der Waals surface area (Å²) in [5, 5.41) is 7.94. The van der Waals surface area contributed by atoms with E-state index in [9.17, 15) is 43.9 Å². The van der Waals surface area contributed by atoms with E-state index >= 15 is 0 Å². The average molecular weight is 268 g/mol. The van der Waals surface area contributed by atoms with Crippen LogP contribution in [0, 0.1) is 0 Å². The van der Waals surface area contributed by atoms with Crippen LogP contribution in [0.4, 0.5) is 43.9 Å². The normalized spacial score (nSPS) is 18.8. The third kappa shape index (κ3) is 1.92. The van der Waals surface area contributed by atoms with Gasteiger partial charge in [0, 0.05) is 0 Å². The molecule has 0 aromatic heterocycles. The number of halogens is 10. The van der Waals surface area contributed by atoms with E-state index in [1.54, 1.807) is 0 Å². The third-order valence-electron chi connectivity index (χ3n) is 1.58. The van der Waals surface area contributed by atoms with E-state index in [2.05, 4.69) is 0 Å². The minimum absolute atomic E-state index is 5.36. The highest BCUT2D eigenvalue weighted by Gasteiger charge is 2.83. The lowest BCUT2D eigenvalue weighted by atomic mass is 9.94. The summed E-state index contributed by atoms with van der Waals surface area (Å²) in [5.74, 6) is -7.02.